The zero-order valence-electron chi connectivity index (χ0n) is 9.56. The average molecular weight is 229 g/mol. The van der Waals surface area contributed by atoms with E-state index in [1.165, 1.54) is 7.11 Å². The molecule has 6 heteroatoms. The first-order chi connectivity index (χ1) is 7.47. The van der Waals surface area contributed by atoms with Crippen LogP contribution in [0.3, 0.4) is 0 Å². The second-order valence-corrected chi connectivity index (χ2v) is 3.90. The third kappa shape index (κ3) is 2.50. The van der Waals surface area contributed by atoms with Gasteiger partial charge in [0.1, 0.15) is 13.0 Å². The predicted octanol–water partition coefficient (Wildman–Crippen LogP) is 0.553. The topological polar surface area (TPSA) is 72.9 Å². The van der Waals surface area contributed by atoms with E-state index in [2.05, 4.69) is 4.74 Å². The molecule has 0 aromatic rings. The van der Waals surface area contributed by atoms with Gasteiger partial charge in [-0.15, -0.1) is 0 Å². The SMILES string of the molecule is COC(=O)CC(=O)N1C(=O)OC[C@@H]1C(C)C. The van der Waals surface area contributed by atoms with Crippen LogP contribution in [0.2, 0.25) is 0 Å². The largest absolute Gasteiger partial charge is 0.469 e. The number of hydrogen-bond acceptors (Lipinski definition) is 5. The zero-order chi connectivity index (χ0) is 12.3. The molecule has 0 aromatic carbocycles. The molecule has 6 nitrogen and oxygen atoms in total. The van der Waals surface area contributed by atoms with Gasteiger partial charge in [-0.3, -0.25) is 9.59 Å². The molecule has 0 N–H and O–H groups in total. The fourth-order valence-electron chi connectivity index (χ4n) is 1.49. The van der Waals surface area contributed by atoms with Crippen LogP contribution in [0.15, 0.2) is 0 Å². The van der Waals surface area contributed by atoms with Crippen molar-refractivity contribution in [3.05, 3.63) is 0 Å². The molecule has 1 aliphatic rings. The maximum absolute atomic E-state index is 11.7. The van der Waals surface area contributed by atoms with Gasteiger partial charge in [-0.25, -0.2) is 9.69 Å². The third-order valence-electron chi connectivity index (χ3n) is 2.47. The third-order valence-corrected chi connectivity index (χ3v) is 2.47. The Hall–Kier alpha value is -1.59. The van der Waals surface area contributed by atoms with Gasteiger partial charge in [0.25, 0.3) is 0 Å². The Morgan fingerprint density at radius 1 is 1.56 bits per heavy atom. The number of carbonyl (C=O) groups is 3. The maximum Gasteiger partial charge on any atom is 0.416 e. The molecule has 0 aromatic heterocycles. The van der Waals surface area contributed by atoms with Crippen LogP contribution in [0.1, 0.15) is 20.3 Å². The predicted molar refractivity (Wildman–Crippen MR) is 53.5 cm³/mol. The van der Waals surface area contributed by atoms with Gasteiger partial charge in [0, 0.05) is 0 Å². The number of hydrogen-bond donors (Lipinski definition) is 0. The summed E-state index contributed by atoms with van der Waals surface area (Å²) in [6.45, 7) is 3.94. The number of nitrogens with zero attached hydrogens (tertiary/aromatic N) is 1. The van der Waals surface area contributed by atoms with Crippen molar-refractivity contribution in [2.75, 3.05) is 13.7 Å². The molecule has 2 amide bonds. The molecule has 1 fully saturated rings. The number of amides is 2. The summed E-state index contributed by atoms with van der Waals surface area (Å²) in [5.41, 5.74) is 0. The van der Waals surface area contributed by atoms with Crippen molar-refractivity contribution in [1.82, 2.24) is 4.90 Å². The van der Waals surface area contributed by atoms with E-state index in [1.54, 1.807) is 0 Å². The second kappa shape index (κ2) is 4.96. The van der Waals surface area contributed by atoms with E-state index in [0.29, 0.717) is 0 Å². The van der Waals surface area contributed by atoms with Gasteiger partial charge >= 0.3 is 12.1 Å². The van der Waals surface area contributed by atoms with Crippen LogP contribution in [-0.4, -0.2) is 42.6 Å². The fraction of sp³-hybridized carbons (Fsp3) is 0.700. The van der Waals surface area contributed by atoms with Crippen LogP contribution in [0.4, 0.5) is 4.79 Å². The molecule has 0 aliphatic carbocycles. The number of methoxy groups -OCH3 is 1. The van der Waals surface area contributed by atoms with Crippen molar-refractivity contribution in [2.45, 2.75) is 26.3 Å². The molecule has 0 bridgehead atoms. The normalized spacial score (nSPS) is 19.9. The van der Waals surface area contributed by atoms with E-state index < -0.39 is 24.4 Å². The lowest BCUT2D eigenvalue weighted by atomic mass is 10.0. The maximum atomic E-state index is 11.7. The highest BCUT2D eigenvalue weighted by atomic mass is 16.6. The van der Waals surface area contributed by atoms with E-state index in [1.807, 2.05) is 13.8 Å². The van der Waals surface area contributed by atoms with Crippen LogP contribution in [0.5, 0.6) is 0 Å². The summed E-state index contributed by atoms with van der Waals surface area (Å²) in [7, 11) is 1.19. The Kier molecular flexibility index (Phi) is 3.87. The van der Waals surface area contributed by atoms with Gasteiger partial charge in [-0.1, -0.05) is 13.8 Å². The molecular weight excluding hydrogens is 214 g/mol. The smallest absolute Gasteiger partial charge is 0.416 e. The zero-order valence-corrected chi connectivity index (χ0v) is 9.56. The highest BCUT2D eigenvalue weighted by molar-refractivity contribution is 6.01. The fourth-order valence-corrected chi connectivity index (χ4v) is 1.49. The first-order valence-electron chi connectivity index (χ1n) is 5.03. The monoisotopic (exact) mass is 229 g/mol. The van der Waals surface area contributed by atoms with Crippen LogP contribution < -0.4 is 0 Å². The summed E-state index contributed by atoms with van der Waals surface area (Å²) in [5.74, 6) is -1.15. The minimum Gasteiger partial charge on any atom is -0.469 e. The average Bonchev–Trinajstić information content (AvgIpc) is 2.59. The summed E-state index contributed by atoms with van der Waals surface area (Å²) in [4.78, 5) is 34.9. The summed E-state index contributed by atoms with van der Waals surface area (Å²) in [6, 6.07) is -0.301. The Morgan fingerprint density at radius 3 is 2.69 bits per heavy atom. The number of rotatable bonds is 3. The number of esters is 1. The molecule has 1 aliphatic heterocycles. The number of ether oxygens (including phenoxy) is 2. The van der Waals surface area contributed by atoms with Gasteiger partial charge in [-0.2, -0.15) is 0 Å². The number of cyclic esters (lactones) is 1. The van der Waals surface area contributed by atoms with Crippen molar-refractivity contribution < 1.29 is 23.9 Å². The van der Waals surface area contributed by atoms with Gasteiger partial charge < -0.3 is 9.47 Å². The molecule has 1 heterocycles. The molecule has 0 radical (unpaired) electrons. The molecule has 16 heavy (non-hydrogen) atoms. The molecule has 90 valence electrons. The van der Waals surface area contributed by atoms with Crippen molar-refractivity contribution in [1.29, 1.82) is 0 Å². The van der Waals surface area contributed by atoms with Crippen molar-refractivity contribution in [3.8, 4) is 0 Å². The molecule has 1 saturated heterocycles. The van der Waals surface area contributed by atoms with Crippen molar-refractivity contribution >= 4 is 18.0 Å². The lowest BCUT2D eigenvalue weighted by Crippen LogP contribution is -2.42. The second-order valence-electron chi connectivity index (χ2n) is 3.90. The van der Waals surface area contributed by atoms with Crippen molar-refractivity contribution in [3.63, 3.8) is 0 Å². The summed E-state index contributed by atoms with van der Waals surface area (Å²) >= 11 is 0. The Labute approximate surface area is 93.5 Å². The minimum atomic E-state index is -0.687. The lowest BCUT2D eigenvalue weighted by Gasteiger charge is -2.21. The van der Waals surface area contributed by atoms with E-state index >= 15 is 0 Å². The summed E-state index contributed by atoms with van der Waals surface area (Å²) in [6.07, 6.45) is -1.12. The van der Waals surface area contributed by atoms with Crippen LogP contribution >= 0.6 is 0 Å². The summed E-state index contributed by atoms with van der Waals surface area (Å²) in [5, 5.41) is 0. The molecule has 0 spiro atoms. The number of carbonyl (C=O) groups excluding carboxylic acids is 3. The first kappa shape index (κ1) is 12.5. The molecular formula is C10H15NO5. The molecule has 0 unspecified atom stereocenters. The van der Waals surface area contributed by atoms with Gasteiger partial charge in [-0.05, 0) is 5.92 Å². The number of imide groups is 1. The van der Waals surface area contributed by atoms with Gasteiger partial charge in [0.05, 0.1) is 13.2 Å². The van der Waals surface area contributed by atoms with E-state index in [4.69, 9.17) is 4.74 Å². The Morgan fingerprint density at radius 2 is 2.19 bits per heavy atom. The standard InChI is InChI=1S/C10H15NO5/c1-6(2)7-5-16-10(14)11(7)8(12)4-9(13)15-3/h6-7H,4-5H2,1-3H3/t7-/m1/s1. The Bertz CT molecular complexity index is 312. The van der Waals surface area contributed by atoms with E-state index in [9.17, 15) is 14.4 Å². The van der Waals surface area contributed by atoms with Crippen molar-refractivity contribution in [2.24, 2.45) is 5.92 Å². The first-order valence-corrected chi connectivity index (χ1v) is 5.03. The molecule has 1 rings (SSSR count). The minimum absolute atomic E-state index is 0.0908. The van der Waals surface area contributed by atoms with Crippen LogP contribution in [-0.2, 0) is 19.1 Å². The van der Waals surface area contributed by atoms with Crippen LogP contribution in [0.25, 0.3) is 0 Å². The highest BCUT2D eigenvalue weighted by Gasteiger charge is 2.39. The quantitative estimate of drug-likeness (QED) is 0.522. The van der Waals surface area contributed by atoms with Gasteiger partial charge in [0.2, 0.25) is 5.91 Å². The highest BCUT2D eigenvalue weighted by Crippen LogP contribution is 2.20. The molecule has 0 saturated carbocycles. The van der Waals surface area contributed by atoms with E-state index in [-0.39, 0.29) is 18.6 Å². The summed E-state index contributed by atoms with van der Waals surface area (Å²) < 4.78 is 9.16. The molecule has 1 atom stereocenters. The van der Waals surface area contributed by atoms with E-state index in [0.717, 1.165) is 4.90 Å². The van der Waals surface area contributed by atoms with Gasteiger partial charge in [0.15, 0.2) is 0 Å². The Balaban J connectivity index is 2.72. The van der Waals surface area contributed by atoms with Crippen LogP contribution in [0, 0.1) is 5.92 Å². The lowest BCUT2D eigenvalue weighted by molar-refractivity contribution is -0.146.